The number of nitrogens with zero attached hydrogens (tertiary/aromatic N) is 1. The number of carbonyl (C=O) groups is 5. The number of imide groups is 1. The summed E-state index contributed by atoms with van der Waals surface area (Å²) < 4.78 is 23.0. The number of benzene rings is 2. The van der Waals surface area contributed by atoms with Crippen molar-refractivity contribution in [1.29, 1.82) is 0 Å². The quantitative estimate of drug-likeness (QED) is 0.190. The van der Waals surface area contributed by atoms with Gasteiger partial charge in [-0.15, -0.1) is 0 Å². The Labute approximate surface area is 229 Å². The Morgan fingerprint density at radius 2 is 1.39 bits per heavy atom. The molecule has 2 aliphatic heterocycles. The second-order valence-corrected chi connectivity index (χ2v) is 12.3. The average molecular weight is 637 g/mol. The van der Waals surface area contributed by atoms with E-state index in [1.165, 1.54) is 20.8 Å². The summed E-state index contributed by atoms with van der Waals surface area (Å²) in [5.41, 5.74) is 1.50. The van der Waals surface area contributed by atoms with Gasteiger partial charge in [0.25, 0.3) is 0 Å². The molecule has 0 unspecified atom stereocenters. The first kappa shape index (κ1) is 27.8. The van der Waals surface area contributed by atoms with Crippen molar-refractivity contribution in [2.24, 2.45) is 0 Å². The van der Waals surface area contributed by atoms with Crippen molar-refractivity contribution in [3.63, 3.8) is 0 Å². The minimum absolute atomic E-state index is 0.222. The van der Waals surface area contributed by atoms with Gasteiger partial charge in [-0.05, 0) is 0 Å². The van der Waals surface area contributed by atoms with Crippen LogP contribution >= 0.6 is 0 Å². The Hall–Kier alpha value is -3.26. The molecular weight excluding hydrogens is 610 g/mol. The van der Waals surface area contributed by atoms with E-state index in [0.717, 1.165) is 14.1 Å². The van der Waals surface area contributed by atoms with E-state index >= 15 is 0 Å². The number of aryl methyl sites for hydroxylation is 1. The molecular formula is C27H27NO9Te. The second-order valence-electron chi connectivity index (χ2n) is 8.94. The van der Waals surface area contributed by atoms with E-state index in [-0.39, 0.29) is 17.7 Å². The van der Waals surface area contributed by atoms with Gasteiger partial charge in [0.15, 0.2) is 0 Å². The topological polar surface area (TPSA) is 126 Å². The Kier molecular flexibility index (Phi) is 8.51. The fourth-order valence-electron chi connectivity index (χ4n) is 4.48. The first-order chi connectivity index (χ1) is 18.1. The number of esters is 3. The molecule has 38 heavy (non-hydrogen) atoms. The molecule has 11 heteroatoms. The van der Waals surface area contributed by atoms with Gasteiger partial charge in [-0.3, -0.25) is 0 Å². The summed E-state index contributed by atoms with van der Waals surface area (Å²) in [4.78, 5) is 64.2. The Morgan fingerprint density at radius 1 is 0.842 bits per heavy atom. The molecule has 1 saturated heterocycles. The van der Waals surface area contributed by atoms with Crippen LogP contribution in [0.1, 0.15) is 47.1 Å². The van der Waals surface area contributed by atoms with Crippen molar-refractivity contribution in [2.45, 2.75) is 56.2 Å². The standard InChI is InChI=1S/C27H27NO9Te/c1-14-9-11-18(12-10-14)38-27-22(28-25(32)19-7-5-6-8-20(19)26(28)33)24(36-17(4)31)23(35-16(3)30)21(37-27)13-34-15(2)29/h5-12,21-24,27H,13H2,1-4H3/t21-,22-,23-,24-,27+/m1/s1. The molecule has 0 spiro atoms. The van der Waals surface area contributed by atoms with Crippen molar-refractivity contribution in [3.05, 3.63) is 65.2 Å². The minimum atomic E-state index is -1.30. The predicted octanol–water partition coefficient (Wildman–Crippen LogP) is 1.14. The monoisotopic (exact) mass is 639 g/mol. The number of amides is 2. The summed E-state index contributed by atoms with van der Waals surface area (Å²) in [6.45, 7) is 5.27. The molecule has 10 nitrogen and oxygen atoms in total. The molecule has 4 rings (SSSR count). The van der Waals surface area contributed by atoms with Gasteiger partial charge in [-0.2, -0.15) is 0 Å². The molecule has 2 aliphatic rings. The third-order valence-corrected chi connectivity index (χ3v) is 9.40. The molecule has 0 aromatic heterocycles. The third-order valence-electron chi connectivity index (χ3n) is 6.07. The molecule has 0 radical (unpaired) electrons. The zero-order valence-electron chi connectivity index (χ0n) is 21.2. The first-order valence-corrected chi connectivity index (χ1v) is 14.4. The maximum absolute atomic E-state index is 13.6. The van der Waals surface area contributed by atoms with Crippen molar-refractivity contribution >= 4 is 54.3 Å². The molecule has 2 amide bonds. The number of rotatable bonds is 7. The van der Waals surface area contributed by atoms with Crippen LogP contribution < -0.4 is 3.61 Å². The molecule has 2 heterocycles. The predicted molar refractivity (Wildman–Crippen MR) is 134 cm³/mol. The second kappa shape index (κ2) is 11.6. The van der Waals surface area contributed by atoms with E-state index in [4.69, 9.17) is 18.9 Å². The fraction of sp³-hybridized carbons (Fsp3) is 0.370. The van der Waals surface area contributed by atoms with E-state index in [2.05, 4.69) is 0 Å². The number of carbonyl (C=O) groups excluding carboxylic acids is 5. The summed E-state index contributed by atoms with van der Waals surface area (Å²) in [7, 11) is 0. The molecule has 0 aliphatic carbocycles. The Bertz CT molecular complexity index is 1230. The van der Waals surface area contributed by atoms with Gasteiger partial charge in [0, 0.05) is 0 Å². The van der Waals surface area contributed by atoms with Crippen LogP contribution in [0.25, 0.3) is 0 Å². The van der Waals surface area contributed by atoms with Crippen LogP contribution in [0, 0.1) is 6.92 Å². The van der Waals surface area contributed by atoms with E-state index in [1.807, 2.05) is 31.2 Å². The summed E-state index contributed by atoms with van der Waals surface area (Å²) >= 11 is -1.30. The molecule has 200 valence electrons. The fourth-order valence-corrected chi connectivity index (χ4v) is 7.84. The van der Waals surface area contributed by atoms with Gasteiger partial charge < -0.3 is 0 Å². The van der Waals surface area contributed by atoms with E-state index in [9.17, 15) is 24.0 Å². The van der Waals surface area contributed by atoms with Crippen molar-refractivity contribution in [1.82, 2.24) is 4.90 Å². The van der Waals surface area contributed by atoms with Gasteiger partial charge in [0.05, 0.1) is 0 Å². The Morgan fingerprint density at radius 3 is 1.92 bits per heavy atom. The van der Waals surface area contributed by atoms with Gasteiger partial charge in [0.1, 0.15) is 0 Å². The molecule has 0 bridgehead atoms. The zero-order valence-corrected chi connectivity index (χ0v) is 23.6. The van der Waals surface area contributed by atoms with Gasteiger partial charge in [0.2, 0.25) is 0 Å². The molecule has 5 atom stereocenters. The summed E-state index contributed by atoms with van der Waals surface area (Å²) in [5, 5.41) is 0. The van der Waals surface area contributed by atoms with Crippen molar-refractivity contribution in [3.8, 4) is 0 Å². The van der Waals surface area contributed by atoms with Crippen LogP contribution in [-0.4, -0.2) is 90.7 Å². The SMILES string of the molecule is CC(=O)OC[C@H]1O[C@@H]([Te]c2ccc(C)cc2)[C@H](N2C(=O)c3ccccc3C2=O)[C@@H](OC(C)=O)[C@@H]1OC(C)=O. The van der Waals surface area contributed by atoms with E-state index in [1.54, 1.807) is 24.3 Å². The number of fused-ring (bicyclic) bond motifs is 1. The van der Waals surface area contributed by atoms with E-state index < -0.39 is 79.2 Å². The van der Waals surface area contributed by atoms with Gasteiger partial charge in [-0.1, -0.05) is 0 Å². The number of hydrogen-bond acceptors (Lipinski definition) is 9. The van der Waals surface area contributed by atoms with Crippen LogP contribution in [0.2, 0.25) is 0 Å². The van der Waals surface area contributed by atoms with Crippen LogP contribution in [0.3, 0.4) is 0 Å². The zero-order chi connectivity index (χ0) is 27.6. The summed E-state index contributed by atoms with van der Waals surface area (Å²) in [5.74, 6) is -3.08. The van der Waals surface area contributed by atoms with Crippen molar-refractivity contribution < 1.29 is 42.9 Å². The first-order valence-electron chi connectivity index (χ1n) is 11.9. The average Bonchev–Trinajstić information content (AvgIpc) is 3.10. The number of ether oxygens (including phenoxy) is 4. The van der Waals surface area contributed by atoms with Crippen LogP contribution in [0.5, 0.6) is 0 Å². The molecule has 1 fully saturated rings. The van der Waals surface area contributed by atoms with Crippen LogP contribution in [0.15, 0.2) is 48.5 Å². The molecule has 0 saturated carbocycles. The van der Waals surface area contributed by atoms with Crippen molar-refractivity contribution in [2.75, 3.05) is 6.61 Å². The maximum atomic E-state index is 13.6. The third kappa shape index (κ3) is 5.90. The molecule has 2 aromatic carbocycles. The Balaban J connectivity index is 1.82. The molecule has 2 aromatic rings. The summed E-state index contributed by atoms with van der Waals surface area (Å²) in [6, 6.07) is 13.1. The number of hydrogen-bond donors (Lipinski definition) is 0. The van der Waals surface area contributed by atoms with Crippen LogP contribution in [-0.2, 0) is 33.3 Å². The van der Waals surface area contributed by atoms with Gasteiger partial charge >= 0.3 is 230 Å². The molecule has 0 N–H and O–H groups in total. The van der Waals surface area contributed by atoms with Crippen LogP contribution in [0.4, 0.5) is 0 Å². The van der Waals surface area contributed by atoms with Gasteiger partial charge in [-0.25, -0.2) is 0 Å². The normalized spacial score (nSPS) is 24.5. The summed E-state index contributed by atoms with van der Waals surface area (Å²) in [6.07, 6.45) is -3.50. The van der Waals surface area contributed by atoms with E-state index in [0.29, 0.717) is 0 Å².